The SMILES string of the molecule is CCNCC(CO)OC(CNCC)n1cnc2c(=S)nc[nH]c21. The Balaban J connectivity index is 2.25. The first-order chi connectivity index (χ1) is 11.2. The Kier molecular flexibility index (Phi) is 7.06. The fourth-order valence-electron chi connectivity index (χ4n) is 2.26. The third kappa shape index (κ3) is 4.55. The van der Waals surface area contributed by atoms with E-state index < -0.39 is 0 Å². The molecule has 2 rings (SSSR count). The second-order valence-corrected chi connectivity index (χ2v) is 5.45. The van der Waals surface area contributed by atoms with Gasteiger partial charge >= 0.3 is 0 Å². The molecule has 0 fully saturated rings. The molecule has 8 nitrogen and oxygen atoms in total. The van der Waals surface area contributed by atoms with Crippen molar-refractivity contribution in [2.24, 2.45) is 0 Å². The first-order valence-corrected chi connectivity index (χ1v) is 8.20. The van der Waals surface area contributed by atoms with E-state index in [1.165, 1.54) is 0 Å². The van der Waals surface area contributed by atoms with Gasteiger partial charge in [0.25, 0.3) is 0 Å². The van der Waals surface area contributed by atoms with Gasteiger partial charge in [-0.15, -0.1) is 0 Å². The van der Waals surface area contributed by atoms with Gasteiger partial charge in [-0.25, -0.2) is 9.97 Å². The summed E-state index contributed by atoms with van der Waals surface area (Å²) >= 11 is 5.20. The minimum Gasteiger partial charge on any atom is -0.394 e. The Hall–Kier alpha value is -1.39. The van der Waals surface area contributed by atoms with Crippen molar-refractivity contribution in [1.82, 2.24) is 30.2 Å². The maximum absolute atomic E-state index is 9.54. The fraction of sp³-hybridized carbons (Fsp3) is 0.643. The Morgan fingerprint density at radius 1 is 1.30 bits per heavy atom. The molecule has 0 amide bonds. The number of aliphatic hydroxyl groups is 1. The molecule has 0 radical (unpaired) electrons. The number of hydrogen-bond acceptors (Lipinski definition) is 7. The van der Waals surface area contributed by atoms with Crippen molar-refractivity contribution >= 4 is 23.4 Å². The number of imidazole rings is 1. The predicted octanol–water partition coefficient (Wildman–Crippen LogP) is 0.584. The van der Waals surface area contributed by atoms with Crippen LogP contribution in [-0.2, 0) is 4.74 Å². The van der Waals surface area contributed by atoms with Gasteiger partial charge in [-0.2, -0.15) is 0 Å². The van der Waals surface area contributed by atoms with Crippen molar-refractivity contribution in [1.29, 1.82) is 0 Å². The van der Waals surface area contributed by atoms with Gasteiger partial charge in [0.15, 0.2) is 4.64 Å². The van der Waals surface area contributed by atoms with Gasteiger partial charge in [0.1, 0.15) is 17.4 Å². The largest absolute Gasteiger partial charge is 0.394 e. The quantitative estimate of drug-likeness (QED) is 0.470. The van der Waals surface area contributed by atoms with Gasteiger partial charge in [-0.1, -0.05) is 26.1 Å². The van der Waals surface area contributed by atoms with E-state index >= 15 is 0 Å². The lowest BCUT2D eigenvalue weighted by atomic mass is 10.3. The summed E-state index contributed by atoms with van der Waals surface area (Å²) in [5, 5.41) is 16.0. The topological polar surface area (TPSA) is 100 Å². The van der Waals surface area contributed by atoms with Crippen molar-refractivity contribution in [2.75, 3.05) is 32.8 Å². The zero-order chi connectivity index (χ0) is 16.7. The number of aliphatic hydroxyl groups excluding tert-OH is 1. The summed E-state index contributed by atoms with van der Waals surface area (Å²) in [7, 11) is 0. The summed E-state index contributed by atoms with van der Waals surface area (Å²) in [5.74, 6) is 0. The van der Waals surface area contributed by atoms with Crippen LogP contribution < -0.4 is 10.6 Å². The van der Waals surface area contributed by atoms with E-state index in [2.05, 4.69) is 25.6 Å². The lowest BCUT2D eigenvalue weighted by molar-refractivity contribution is -0.0699. The molecule has 2 heterocycles. The van der Waals surface area contributed by atoms with E-state index in [4.69, 9.17) is 17.0 Å². The molecule has 2 atom stereocenters. The molecule has 0 aromatic carbocycles. The number of likely N-dealkylation sites (N-methyl/N-ethyl adjacent to an activating group) is 2. The minimum atomic E-state index is -0.316. The van der Waals surface area contributed by atoms with Gasteiger partial charge in [0.05, 0.1) is 25.4 Å². The lowest BCUT2D eigenvalue weighted by Crippen LogP contribution is -2.37. The summed E-state index contributed by atoms with van der Waals surface area (Å²) in [6.07, 6.45) is 2.61. The molecule has 2 aromatic rings. The number of nitrogens with zero attached hydrogens (tertiary/aromatic N) is 3. The molecule has 2 unspecified atom stereocenters. The molecular weight excluding hydrogens is 316 g/mol. The van der Waals surface area contributed by atoms with Crippen LogP contribution >= 0.6 is 12.2 Å². The average Bonchev–Trinajstić information content (AvgIpc) is 3.00. The smallest absolute Gasteiger partial charge is 0.157 e. The molecule has 0 saturated heterocycles. The second-order valence-electron chi connectivity index (χ2n) is 5.07. The van der Waals surface area contributed by atoms with Crippen LogP contribution in [0.1, 0.15) is 20.1 Å². The van der Waals surface area contributed by atoms with Crippen LogP contribution in [0.2, 0.25) is 0 Å². The molecule has 0 saturated carbocycles. The van der Waals surface area contributed by atoms with E-state index in [-0.39, 0.29) is 18.9 Å². The highest BCUT2D eigenvalue weighted by Gasteiger charge is 2.20. The number of ether oxygens (including phenoxy) is 1. The van der Waals surface area contributed by atoms with E-state index in [1.54, 1.807) is 12.7 Å². The van der Waals surface area contributed by atoms with E-state index in [9.17, 15) is 5.11 Å². The molecule has 23 heavy (non-hydrogen) atoms. The van der Waals surface area contributed by atoms with Gasteiger partial charge < -0.3 is 25.5 Å². The molecule has 0 aliphatic rings. The van der Waals surface area contributed by atoms with Crippen molar-refractivity contribution < 1.29 is 9.84 Å². The first-order valence-electron chi connectivity index (χ1n) is 7.79. The van der Waals surface area contributed by atoms with Crippen molar-refractivity contribution in [3.8, 4) is 0 Å². The summed E-state index contributed by atoms with van der Waals surface area (Å²) in [4.78, 5) is 11.4. The highest BCUT2D eigenvalue weighted by molar-refractivity contribution is 7.71. The average molecular weight is 340 g/mol. The lowest BCUT2D eigenvalue weighted by Gasteiger charge is -2.25. The molecule has 0 aliphatic carbocycles. The van der Waals surface area contributed by atoms with E-state index in [0.717, 1.165) is 18.7 Å². The zero-order valence-corrected chi connectivity index (χ0v) is 14.3. The molecule has 128 valence electrons. The van der Waals surface area contributed by atoms with Crippen LogP contribution in [0.25, 0.3) is 11.2 Å². The van der Waals surface area contributed by atoms with E-state index in [1.807, 2.05) is 18.4 Å². The third-order valence-corrected chi connectivity index (χ3v) is 3.73. The Morgan fingerprint density at radius 3 is 2.74 bits per heavy atom. The summed E-state index contributed by atoms with van der Waals surface area (Å²) in [5.41, 5.74) is 1.40. The molecule has 9 heteroatoms. The summed E-state index contributed by atoms with van der Waals surface area (Å²) in [6, 6.07) is 0. The number of rotatable bonds is 10. The van der Waals surface area contributed by atoms with Crippen LogP contribution in [0, 0.1) is 4.64 Å². The highest BCUT2D eigenvalue weighted by atomic mass is 32.1. The van der Waals surface area contributed by atoms with Crippen LogP contribution in [0.4, 0.5) is 0 Å². The molecule has 2 aromatic heterocycles. The number of H-pyrrole nitrogens is 1. The van der Waals surface area contributed by atoms with Gasteiger partial charge in [0, 0.05) is 13.1 Å². The summed E-state index contributed by atoms with van der Waals surface area (Å²) < 4.78 is 8.40. The Morgan fingerprint density at radius 2 is 2.04 bits per heavy atom. The van der Waals surface area contributed by atoms with Crippen molar-refractivity contribution in [3.63, 3.8) is 0 Å². The number of aromatic nitrogens is 4. The second kappa shape index (κ2) is 9.04. The van der Waals surface area contributed by atoms with Gasteiger partial charge in [-0.05, 0) is 13.1 Å². The van der Waals surface area contributed by atoms with Gasteiger partial charge in [-0.3, -0.25) is 4.57 Å². The summed E-state index contributed by atoms with van der Waals surface area (Å²) in [6.45, 7) is 6.81. The molecule has 0 aliphatic heterocycles. The number of aromatic amines is 1. The maximum Gasteiger partial charge on any atom is 0.157 e. The van der Waals surface area contributed by atoms with Crippen LogP contribution in [0.3, 0.4) is 0 Å². The maximum atomic E-state index is 9.54. The van der Waals surface area contributed by atoms with Crippen LogP contribution in [-0.4, -0.2) is 63.5 Å². The normalized spacial score (nSPS) is 14.2. The number of hydrogen-bond donors (Lipinski definition) is 4. The van der Waals surface area contributed by atoms with Crippen molar-refractivity contribution in [3.05, 3.63) is 17.3 Å². The predicted molar refractivity (Wildman–Crippen MR) is 90.8 cm³/mol. The zero-order valence-electron chi connectivity index (χ0n) is 13.5. The standard InChI is InChI=1S/C14H24N6O2S/c1-3-15-5-10(7-21)22-11(6-16-4-2)20-9-19-12-13(20)17-8-18-14(12)23/h8-11,15-16,21H,3-7H2,1-2H3,(H,17,18,23). The Bertz CT molecular complexity index is 658. The van der Waals surface area contributed by atoms with Crippen molar-refractivity contribution in [2.45, 2.75) is 26.2 Å². The fourth-order valence-corrected chi connectivity index (χ4v) is 2.46. The number of nitrogens with one attached hydrogen (secondary N) is 3. The van der Waals surface area contributed by atoms with E-state index in [0.29, 0.717) is 23.2 Å². The monoisotopic (exact) mass is 340 g/mol. The Labute approximate surface area is 140 Å². The molecule has 4 N–H and O–H groups in total. The minimum absolute atomic E-state index is 0.0557. The van der Waals surface area contributed by atoms with Crippen LogP contribution in [0.5, 0.6) is 0 Å². The first kappa shape index (κ1) is 18.0. The number of fused-ring (bicyclic) bond motifs is 1. The molecule has 0 bridgehead atoms. The molecular formula is C14H24N6O2S. The van der Waals surface area contributed by atoms with Gasteiger partial charge in [0.2, 0.25) is 0 Å². The third-order valence-electron chi connectivity index (χ3n) is 3.43. The highest BCUT2D eigenvalue weighted by Crippen LogP contribution is 2.18. The molecule has 0 spiro atoms. The van der Waals surface area contributed by atoms with Crippen LogP contribution in [0.15, 0.2) is 12.7 Å².